The molecule has 0 aliphatic heterocycles. The molecule has 0 aliphatic rings. The van der Waals surface area contributed by atoms with E-state index in [1.54, 1.807) is 37.3 Å². The molecule has 2 amide bonds. The largest absolute Gasteiger partial charge is 0.416 e. The van der Waals surface area contributed by atoms with Gasteiger partial charge in [0.05, 0.1) is 16.4 Å². The summed E-state index contributed by atoms with van der Waals surface area (Å²) < 4.78 is 52.3. The minimum Gasteiger partial charge on any atom is -0.325 e. The summed E-state index contributed by atoms with van der Waals surface area (Å²) in [5, 5.41) is 4.44. The quantitative estimate of drug-likeness (QED) is 0.338. The van der Waals surface area contributed by atoms with Crippen molar-refractivity contribution in [2.75, 3.05) is 10.6 Å². The highest BCUT2D eigenvalue weighted by Gasteiger charge is 2.30. The van der Waals surface area contributed by atoms with Gasteiger partial charge in [-0.1, -0.05) is 24.3 Å². The number of anilines is 2. The molecule has 0 aliphatic carbocycles. The van der Waals surface area contributed by atoms with Gasteiger partial charge in [0, 0.05) is 16.3 Å². The first kappa shape index (κ1) is 23.3. The van der Waals surface area contributed by atoms with Crippen LogP contribution in [-0.2, 0) is 11.0 Å². The lowest BCUT2D eigenvalue weighted by Gasteiger charge is -2.14. The Kier molecular flexibility index (Phi) is 7.19. The van der Waals surface area contributed by atoms with Crippen LogP contribution in [0.25, 0.3) is 0 Å². The van der Waals surface area contributed by atoms with Gasteiger partial charge >= 0.3 is 6.18 Å². The molecule has 0 fully saturated rings. The number of hydrogen-bond donors (Lipinski definition) is 2. The molecule has 0 bridgehead atoms. The summed E-state index contributed by atoms with van der Waals surface area (Å²) in [5.41, 5.74) is -0.495. The zero-order chi connectivity index (χ0) is 23.3. The SMILES string of the molecule is CC(Sc1cccc(NC(=O)c2ccccc2F)c1)C(=O)Nc1cccc(C(F)(F)F)c1. The highest BCUT2D eigenvalue weighted by atomic mass is 32.2. The molecule has 4 nitrogen and oxygen atoms in total. The Hall–Kier alpha value is -3.33. The van der Waals surface area contributed by atoms with Crippen molar-refractivity contribution in [3.8, 4) is 0 Å². The van der Waals surface area contributed by atoms with Crippen LogP contribution in [0.5, 0.6) is 0 Å². The molecular formula is C23H18F4N2O2S. The molecule has 1 atom stereocenters. The number of rotatable bonds is 6. The Morgan fingerprint density at radius 1 is 0.875 bits per heavy atom. The topological polar surface area (TPSA) is 58.2 Å². The lowest BCUT2D eigenvalue weighted by molar-refractivity contribution is -0.137. The molecule has 9 heteroatoms. The number of thioether (sulfide) groups is 1. The van der Waals surface area contributed by atoms with Gasteiger partial charge in [-0.05, 0) is 55.5 Å². The minimum absolute atomic E-state index is 0.0446. The highest BCUT2D eigenvalue weighted by Crippen LogP contribution is 2.31. The smallest absolute Gasteiger partial charge is 0.325 e. The number of carbonyl (C=O) groups excluding carboxylic acids is 2. The lowest BCUT2D eigenvalue weighted by atomic mass is 10.2. The summed E-state index contributed by atoms with van der Waals surface area (Å²) >= 11 is 1.16. The van der Waals surface area contributed by atoms with Crippen LogP contribution in [0.2, 0.25) is 0 Å². The van der Waals surface area contributed by atoms with Gasteiger partial charge in [-0.25, -0.2) is 4.39 Å². The maximum absolute atomic E-state index is 13.8. The van der Waals surface area contributed by atoms with E-state index in [1.165, 1.54) is 30.3 Å². The first-order valence-corrected chi connectivity index (χ1v) is 10.3. The summed E-state index contributed by atoms with van der Waals surface area (Å²) in [5.74, 6) is -1.73. The molecule has 32 heavy (non-hydrogen) atoms. The van der Waals surface area contributed by atoms with E-state index in [0.717, 1.165) is 23.9 Å². The average Bonchev–Trinajstić information content (AvgIpc) is 2.74. The van der Waals surface area contributed by atoms with E-state index in [4.69, 9.17) is 0 Å². The molecule has 3 aromatic rings. The Balaban J connectivity index is 1.64. The first-order chi connectivity index (χ1) is 15.1. The molecule has 0 saturated carbocycles. The van der Waals surface area contributed by atoms with E-state index in [1.807, 2.05) is 0 Å². The van der Waals surface area contributed by atoms with Crippen molar-refractivity contribution in [3.63, 3.8) is 0 Å². The predicted molar refractivity (Wildman–Crippen MR) is 116 cm³/mol. The van der Waals surface area contributed by atoms with Gasteiger partial charge in [0.1, 0.15) is 5.82 Å². The molecule has 0 aromatic heterocycles. The van der Waals surface area contributed by atoms with Crippen LogP contribution in [0.3, 0.4) is 0 Å². The van der Waals surface area contributed by atoms with Gasteiger partial charge in [-0.3, -0.25) is 9.59 Å². The Morgan fingerprint density at radius 2 is 1.53 bits per heavy atom. The number of nitrogens with one attached hydrogen (secondary N) is 2. The highest BCUT2D eigenvalue weighted by molar-refractivity contribution is 8.00. The van der Waals surface area contributed by atoms with Crippen LogP contribution in [0.15, 0.2) is 77.7 Å². The van der Waals surface area contributed by atoms with E-state index in [-0.39, 0.29) is 11.3 Å². The third kappa shape index (κ3) is 6.10. The fraction of sp³-hybridized carbons (Fsp3) is 0.130. The maximum atomic E-state index is 13.8. The minimum atomic E-state index is -4.51. The van der Waals surface area contributed by atoms with Gasteiger partial charge in [-0.15, -0.1) is 11.8 Å². The molecule has 0 spiro atoms. The number of hydrogen-bond acceptors (Lipinski definition) is 3. The average molecular weight is 462 g/mol. The van der Waals surface area contributed by atoms with Crippen molar-refractivity contribution >= 4 is 35.0 Å². The summed E-state index contributed by atoms with van der Waals surface area (Å²) in [6, 6.07) is 16.6. The zero-order valence-corrected chi connectivity index (χ0v) is 17.6. The molecule has 0 radical (unpaired) electrons. The monoisotopic (exact) mass is 462 g/mol. The number of benzene rings is 3. The van der Waals surface area contributed by atoms with E-state index in [9.17, 15) is 27.2 Å². The van der Waals surface area contributed by atoms with Crippen molar-refractivity contribution in [1.29, 1.82) is 0 Å². The van der Waals surface area contributed by atoms with Crippen molar-refractivity contribution in [2.45, 2.75) is 23.2 Å². The Bertz CT molecular complexity index is 1130. The third-order valence-corrected chi connectivity index (χ3v) is 5.44. The number of halogens is 4. The fourth-order valence-electron chi connectivity index (χ4n) is 2.77. The van der Waals surface area contributed by atoms with Gasteiger partial charge in [0.25, 0.3) is 5.91 Å². The van der Waals surface area contributed by atoms with Gasteiger partial charge < -0.3 is 10.6 Å². The van der Waals surface area contributed by atoms with Crippen LogP contribution in [0.1, 0.15) is 22.8 Å². The van der Waals surface area contributed by atoms with Crippen LogP contribution in [0, 0.1) is 5.82 Å². The molecular weight excluding hydrogens is 444 g/mol. The second kappa shape index (κ2) is 9.86. The lowest BCUT2D eigenvalue weighted by Crippen LogP contribution is -2.22. The summed E-state index contributed by atoms with van der Waals surface area (Å²) in [4.78, 5) is 25.4. The Morgan fingerprint density at radius 3 is 2.22 bits per heavy atom. The second-order valence-corrected chi connectivity index (χ2v) is 8.20. The fourth-order valence-corrected chi connectivity index (χ4v) is 3.69. The van der Waals surface area contributed by atoms with E-state index in [0.29, 0.717) is 10.6 Å². The van der Waals surface area contributed by atoms with Gasteiger partial charge in [0.15, 0.2) is 0 Å². The first-order valence-electron chi connectivity index (χ1n) is 9.44. The molecule has 166 valence electrons. The Labute approximate surface area is 186 Å². The molecule has 0 saturated heterocycles. The third-order valence-electron chi connectivity index (χ3n) is 4.35. The van der Waals surface area contributed by atoms with Crippen LogP contribution < -0.4 is 10.6 Å². The number of amides is 2. The molecule has 3 rings (SSSR count). The van der Waals surface area contributed by atoms with E-state index < -0.39 is 34.6 Å². The van der Waals surface area contributed by atoms with Crippen molar-refractivity contribution in [2.24, 2.45) is 0 Å². The standard InChI is InChI=1S/C23H18F4N2O2S/c1-14(21(30)28-16-7-4-6-15(12-16)23(25,26)27)32-18-9-5-8-17(13-18)29-22(31)19-10-2-3-11-20(19)24/h2-14H,1H3,(H,28,30)(H,29,31). The summed E-state index contributed by atoms with van der Waals surface area (Å²) in [6.45, 7) is 1.61. The summed E-state index contributed by atoms with van der Waals surface area (Å²) in [7, 11) is 0. The second-order valence-electron chi connectivity index (χ2n) is 6.79. The molecule has 1 unspecified atom stereocenters. The van der Waals surface area contributed by atoms with Crippen LogP contribution in [-0.4, -0.2) is 17.1 Å². The number of carbonyl (C=O) groups is 2. The molecule has 3 aromatic carbocycles. The van der Waals surface area contributed by atoms with Crippen molar-refractivity contribution < 1.29 is 27.2 Å². The normalized spacial score (nSPS) is 12.2. The van der Waals surface area contributed by atoms with Crippen molar-refractivity contribution in [3.05, 3.63) is 89.7 Å². The van der Waals surface area contributed by atoms with Gasteiger partial charge in [-0.2, -0.15) is 13.2 Å². The molecule has 2 N–H and O–H groups in total. The predicted octanol–water partition coefficient (Wildman–Crippen LogP) is 6.22. The van der Waals surface area contributed by atoms with Crippen molar-refractivity contribution in [1.82, 2.24) is 0 Å². The zero-order valence-electron chi connectivity index (χ0n) is 16.7. The van der Waals surface area contributed by atoms with E-state index >= 15 is 0 Å². The summed E-state index contributed by atoms with van der Waals surface area (Å²) in [6.07, 6.45) is -4.51. The van der Waals surface area contributed by atoms with Gasteiger partial charge in [0.2, 0.25) is 5.91 Å². The number of alkyl halides is 3. The van der Waals surface area contributed by atoms with E-state index in [2.05, 4.69) is 10.6 Å². The maximum Gasteiger partial charge on any atom is 0.416 e. The molecule has 0 heterocycles. The van der Waals surface area contributed by atoms with Crippen LogP contribution in [0.4, 0.5) is 28.9 Å². The van der Waals surface area contributed by atoms with Crippen LogP contribution >= 0.6 is 11.8 Å².